The lowest BCUT2D eigenvalue weighted by Crippen LogP contribution is -2.51. The minimum atomic E-state index is -0.944. The lowest BCUT2D eigenvalue weighted by atomic mass is 9.95. The number of rotatable bonds is 5. The van der Waals surface area contributed by atoms with E-state index < -0.39 is 23.2 Å². The van der Waals surface area contributed by atoms with Gasteiger partial charge in [0, 0.05) is 24.2 Å². The molecule has 3 amide bonds. The van der Waals surface area contributed by atoms with Crippen molar-refractivity contribution in [2.24, 2.45) is 11.1 Å². The Balaban J connectivity index is 2.08. The number of benzene rings is 1. The van der Waals surface area contributed by atoms with Gasteiger partial charge in [-0.2, -0.15) is 0 Å². The standard InChI is InChI=1S/C18H25FN4O4/c1-18(2,3)17(26)22-13(9-20)16(25)21-11-4-5-14(12(19)8-11)23-6-7-27-10-15(23)24/h4-5,8,13H,6-7,9-10,20H2,1-3H3,(H,21,25)(H,22,26)/t13-/m0/s1. The fourth-order valence-electron chi connectivity index (χ4n) is 2.41. The third kappa shape index (κ3) is 5.24. The van der Waals surface area contributed by atoms with Crippen LogP contribution in [0.1, 0.15) is 20.8 Å². The highest BCUT2D eigenvalue weighted by Gasteiger charge is 2.27. The molecular formula is C18H25FN4O4. The molecule has 4 N–H and O–H groups in total. The van der Waals surface area contributed by atoms with Crippen LogP contribution in [0.2, 0.25) is 0 Å². The first-order valence-corrected chi connectivity index (χ1v) is 8.63. The molecule has 2 rings (SSSR count). The van der Waals surface area contributed by atoms with Crippen molar-refractivity contribution in [2.45, 2.75) is 26.8 Å². The van der Waals surface area contributed by atoms with Gasteiger partial charge in [-0.25, -0.2) is 4.39 Å². The molecule has 0 aliphatic carbocycles. The molecule has 1 saturated heterocycles. The number of nitrogens with zero attached hydrogens (tertiary/aromatic N) is 1. The zero-order chi connectivity index (χ0) is 20.2. The molecular weight excluding hydrogens is 355 g/mol. The number of hydrogen-bond acceptors (Lipinski definition) is 5. The number of nitrogens with two attached hydrogens (primary N) is 1. The summed E-state index contributed by atoms with van der Waals surface area (Å²) in [5.41, 5.74) is 5.23. The van der Waals surface area contributed by atoms with Crippen molar-refractivity contribution in [1.29, 1.82) is 0 Å². The minimum absolute atomic E-state index is 0.0937. The van der Waals surface area contributed by atoms with Crippen molar-refractivity contribution in [3.8, 4) is 0 Å². The maximum atomic E-state index is 14.4. The molecule has 8 nitrogen and oxygen atoms in total. The summed E-state index contributed by atoms with van der Waals surface area (Å²) < 4.78 is 19.5. The molecule has 0 radical (unpaired) electrons. The molecule has 1 atom stereocenters. The summed E-state index contributed by atoms with van der Waals surface area (Å²) in [5.74, 6) is -1.85. The molecule has 0 spiro atoms. The zero-order valence-corrected chi connectivity index (χ0v) is 15.7. The molecule has 148 valence electrons. The Hall–Kier alpha value is -2.52. The third-order valence-electron chi connectivity index (χ3n) is 4.03. The van der Waals surface area contributed by atoms with Crippen molar-refractivity contribution in [3.63, 3.8) is 0 Å². The van der Waals surface area contributed by atoms with Crippen LogP contribution in [0.3, 0.4) is 0 Å². The first kappa shape index (κ1) is 20.8. The van der Waals surface area contributed by atoms with Gasteiger partial charge in [0.05, 0.1) is 12.3 Å². The summed E-state index contributed by atoms with van der Waals surface area (Å²) in [6.45, 7) is 5.55. The smallest absolute Gasteiger partial charge is 0.253 e. The number of amides is 3. The number of anilines is 2. The highest BCUT2D eigenvalue weighted by atomic mass is 19.1. The number of carbonyl (C=O) groups is 3. The quantitative estimate of drug-likeness (QED) is 0.693. The van der Waals surface area contributed by atoms with Crippen LogP contribution in [0.5, 0.6) is 0 Å². The van der Waals surface area contributed by atoms with Gasteiger partial charge < -0.3 is 26.0 Å². The second-order valence-corrected chi connectivity index (χ2v) is 7.27. The van der Waals surface area contributed by atoms with E-state index in [2.05, 4.69) is 10.6 Å². The molecule has 1 aliphatic heterocycles. The highest BCUT2D eigenvalue weighted by Crippen LogP contribution is 2.24. The molecule has 1 aromatic rings. The Labute approximate surface area is 157 Å². The van der Waals surface area contributed by atoms with Crippen LogP contribution in [0, 0.1) is 11.2 Å². The van der Waals surface area contributed by atoms with Crippen LogP contribution in [0.4, 0.5) is 15.8 Å². The molecule has 1 heterocycles. The van der Waals surface area contributed by atoms with Crippen LogP contribution >= 0.6 is 0 Å². The molecule has 0 bridgehead atoms. The van der Waals surface area contributed by atoms with Crippen molar-refractivity contribution in [2.75, 3.05) is 36.5 Å². The molecule has 0 unspecified atom stereocenters. The Morgan fingerprint density at radius 2 is 2.07 bits per heavy atom. The summed E-state index contributed by atoms with van der Waals surface area (Å²) in [5, 5.41) is 5.10. The molecule has 9 heteroatoms. The van der Waals surface area contributed by atoms with Gasteiger partial charge in [0.15, 0.2) is 0 Å². The Bertz CT molecular complexity index is 733. The molecule has 1 fully saturated rings. The normalized spacial score (nSPS) is 16.0. The van der Waals surface area contributed by atoms with E-state index in [1.54, 1.807) is 20.8 Å². The summed E-state index contributed by atoms with van der Waals surface area (Å²) in [7, 11) is 0. The fraction of sp³-hybridized carbons (Fsp3) is 0.500. The largest absolute Gasteiger partial charge is 0.370 e. The van der Waals surface area contributed by atoms with Crippen molar-refractivity contribution in [3.05, 3.63) is 24.0 Å². The second-order valence-electron chi connectivity index (χ2n) is 7.27. The van der Waals surface area contributed by atoms with E-state index in [1.165, 1.54) is 17.0 Å². The average molecular weight is 380 g/mol. The number of morpholine rings is 1. The lowest BCUT2D eigenvalue weighted by Gasteiger charge is -2.27. The summed E-state index contributed by atoms with van der Waals surface area (Å²) in [6, 6.07) is 3.08. The summed E-state index contributed by atoms with van der Waals surface area (Å²) in [4.78, 5) is 37.5. The van der Waals surface area contributed by atoms with E-state index in [0.29, 0.717) is 6.61 Å². The second kappa shape index (κ2) is 8.45. The fourth-order valence-corrected chi connectivity index (χ4v) is 2.41. The van der Waals surface area contributed by atoms with Crippen LogP contribution in [-0.2, 0) is 19.1 Å². The SMILES string of the molecule is CC(C)(C)C(=O)N[C@@H](CN)C(=O)Nc1ccc(N2CCOCC2=O)c(F)c1. The van der Waals surface area contributed by atoms with Gasteiger partial charge in [0.2, 0.25) is 11.8 Å². The van der Waals surface area contributed by atoms with E-state index in [-0.39, 0.29) is 42.9 Å². The maximum Gasteiger partial charge on any atom is 0.253 e. The average Bonchev–Trinajstić information content (AvgIpc) is 2.59. The third-order valence-corrected chi connectivity index (χ3v) is 4.03. The Kier molecular flexibility index (Phi) is 6.50. The number of halogens is 1. The Morgan fingerprint density at radius 1 is 1.37 bits per heavy atom. The van der Waals surface area contributed by atoms with Crippen LogP contribution in [-0.4, -0.2) is 50.1 Å². The van der Waals surface area contributed by atoms with Crippen LogP contribution < -0.4 is 21.3 Å². The van der Waals surface area contributed by atoms with Crippen LogP contribution in [0.15, 0.2) is 18.2 Å². The van der Waals surface area contributed by atoms with E-state index in [4.69, 9.17) is 10.5 Å². The van der Waals surface area contributed by atoms with E-state index in [0.717, 1.165) is 6.07 Å². The first-order chi connectivity index (χ1) is 12.6. The van der Waals surface area contributed by atoms with Crippen molar-refractivity contribution in [1.82, 2.24) is 5.32 Å². The minimum Gasteiger partial charge on any atom is -0.370 e. The lowest BCUT2D eigenvalue weighted by molar-refractivity contribution is -0.131. The molecule has 27 heavy (non-hydrogen) atoms. The number of nitrogens with one attached hydrogen (secondary N) is 2. The van der Waals surface area contributed by atoms with Crippen molar-refractivity contribution >= 4 is 29.1 Å². The van der Waals surface area contributed by atoms with Gasteiger partial charge in [-0.05, 0) is 18.2 Å². The van der Waals surface area contributed by atoms with Gasteiger partial charge in [0.1, 0.15) is 18.5 Å². The van der Waals surface area contributed by atoms with E-state index in [9.17, 15) is 18.8 Å². The predicted molar refractivity (Wildman–Crippen MR) is 98.6 cm³/mol. The molecule has 1 aromatic carbocycles. The van der Waals surface area contributed by atoms with E-state index in [1.807, 2.05) is 0 Å². The number of ether oxygens (including phenoxy) is 1. The monoisotopic (exact) mass is 380 g/mol. The van der Waals surface area contributed by atoms with Crippen LogP contribution in [0.25, 0.3) is 0 Å². The van der Waals surface area contributed by atoms with E-state index >= 15 is 0 Å². The first-order valence-electron chi connectivity index (χ1n) is 8.63. The van der Waals surface area contributed by atoms with Gasteiger partial charge in [-0.1, -0.05) is 20.8 Å². The zero-order valence-electron chi connectivity index (χ0n) is 15.7. The maximum absolute atomic E-state index is 14.4. The summed E-state index contributed by atoms with van der Waals surface area (Å²) in [6.07, 6.45) is 0. The van der Waals surface area contributed by atoms with Crippen molar-refractivity contribution < 1.29 is 23.5 Å². The van der Waals surface area contributed by atoms with Gasteiger partial charge in [0.25, 0.3) is 5.91 Å². The molecule has 1 aliphatic rings. The topological polar surface area (TPSA) is 114 Å². The van der Waals surface area contributed by atoms with Gasteiger partial charge >= 0.3 is 0 Å². The highest BCUT2D eigenvalue weighted by molar-refractivity contribution is 5.99. The number of hydrogen-bond donors (Lipinski definition) is 3. The molecule has 0 aromatic heterocycles. The van der Waals surface area contributed by atoms with Gasteiger partial charge in [-0.3, -0.25) is 14.4 Å². The predicted octanol–water partition coefficient (Wildman–Crippen LogP) is 0.617. The number of carbonyl (C=O) groups excluding carboxylic acids is 3. The summed E-state index contributed by atoms with van der Waals surface area (Å²) >= 11 is 0. The Morgan fingerprint density at radius 3 is 2.63 bits per heavy atom. The molecule has 0 saturated carbocycles. The van der Waals surface area contributed by atoms with Gasteiger partial charge in [-0.15, -0.1) is 0 Å².